The molecule has 22 heavy (non-hydrogen) atoms. The summed E-state index contributed by atoms with van der Waals surface area (Å²) >= 11 is 0. The van der Waals surface area contributed by atoms with Gasteiger partial charge in [-0.05, 0) is 45.4 Å². The van der Waals surface area contributed by atoms with Crippen molar-refractivity contribution in [2.24, 2.45) is 0 Å². The van der Waals surface area contributed by atoms with E-state index in [9.17, 15) is 9.59 Å². The van der Waals surface area contributed by atoms with E-state index in [0.717, 1.165) is 10.9 Å². The van der Waals surface area contributed by atoms with E-state index in [0.29, 0.717) is 11.8 Å². The maximum atomic E-state index is 12.0. The number of aldehydes is 1. The Morgan fingerprint density at radius 1 is 1.18 bits per heavy atom. The first kappa shape index (κ1) is 15.9. The fraction of sp³-hybridized carbons (Fsp3) is 0.353. The molecule has 0 saturated heterocycles. The summed E-state index contributed by atoms with van der Waals surface area (Å²) in [5.74, 6) is 0. The molecule has 1 heterocycles. The van der Waals surface area contributed by atoms with Gasteiger partial charge in [-0.1, -0.05) is 18.2 Å². The first-order valence-corrected chi connectivity index (χ1v) is 7.07. The first-order valence-electron chi connectivity index (χ1n) is 7.07. The highest BCUT2D eigenvalue weighted by Gasteiger charge is 2.32. The number of benzene rings is 1. The minimum atomic E-state index is -1.19. The van der Waals surface area contributed by atoms with Gasteiger partial charge in [-0.25, -0.2) is 4.79 Å². The first-order chi connectivity index (χ1) is 10.2. The summed E-state index contributed by atoms with van der Waals surface area (Å²) in [6.45, 7) is 6.96. The van der Waals surface area contributed by atoms with Crippen molar-refractivity contribution in [3.8, 4) is 0 Å². The number of pyridine rings is 1. The number of ether oxygens (including phenoxy) is 1. The van der Waals surface area contributed by atoms with Crippen LogP contribution in [-0.4, -0.2) is 23.0 Å². The van der Waals surface area contributed by atoms with Crippen molar-refractivity contribution in [1.29, 1.82) is 0 Å². The van der Waals surface area contributed by atoms with E-state index in [2.05, 4.69) is 10.3 Å². The van der Waals surface area contributed by atoms with Crippen LogP contribution in [0.25, 0.3) is 10.9 Å². The number of fused-ring (bicyclic) bond motifs is 1. The number of carbonyl (C=O) groups excluding carboxylic acids is 2. The predicted octanol–water partition coefficient (Wildman–Crippen LogP) is 3.17. The van der Waals surface area contributed by atoms with E-state index in [1.165, 1.54) is 0 Å². The number of nitrogens with zero attached hydrogens (tertiary/aromatic N) is 1. The monoisotopic (exact) mass is 300 g/mol. The second-order valence-corrected chi connectivity index (χ2v) is 6.32. The SMILES string of the molecule is CC(C)(C)OC(=O)NC(C)(C=O)c1ccnc2ccccc12. The smallest absolute Gasteiger partial charge is 0.408 e. The largest absolute Gasteiger partial charge is 0.444 e. The van der Waals surface area contributed by atoms with Crippen LogP contribution in [0.3, 0.4) is 0 Å². The van der Waals surface area contributed by atoms with Gasteiger partial charge >= 0.3 is 6.09 Å². The quantitative estimate of drug-likeness (QED) is 0.884. The van der Waals surface area contributed by atoms with Crippen LogP contribution in [0.1, 0.15) is 33.3 Å². The predicted molar refractivity (Wildman–Crippen MR) is 84.5 cm³/mol. The average Bonchev–Trinajstić information content (AvgIpc) is 2.44. The summed E-state index contributed by atoms with van der Waals surface area (Å²) in [6.07, 6.45) is 1.69. The Hall–Kier alpha value is -2.43. The topological polar surface area (TPSA) is 68.3 Å². The fourth-order valence-electron chi connectivity index (χ4n) is 2.22. The maximum Gasteiger partial charge on any atom is 0.408 e. The van der Waals surface area contributed by atoms with Crippen LogP contribution in [0.2, 0.25) is 0 Å². The number of amides is 1. The lowest BCUT2D eigenvalue weighted by Gasteiger charge is -2.28. The molecule has 1 amide bonds. The molecule has 2 aromatic rings. The van der Waals surface area contributed by atoms with Gasteiger partial charge in [-0.2, -0.15) is 0 Å². The molecule has 1 atom stereocenters. The Labute approximate surface area is 129 Å². The van der Waals surface area contributed by atoms with Crippen LogP contribution in [0.5, 0.6) is 0 Å². The molecular weight excluding hydrogens is 280 g/mol. The number of nitrogens with one attached hydrogen (secondary N) is 1. The van der Waals surface area contributed by atoms with Crippen molar-refractivity contribution in [2.45, 2.75) is 38.8 Å². The van der Waals surface area contributed by atoms with E-state index in [-0.39, 0.29) is 0 Å². The number of rotatable bonds is 3. The Kier molecular flexibility index (Phi) is 4.17. The second kappa shape index (κ2) is 5.75. The molecule has 0 radical (unpaired) electrons. The van der Waals surface area contributed by atoms with Crippen LogP contribution in [-0.2, 0) is 15.1 Å². The van der Waals surface area contributed by atoms with Crippen LogP contribution < -0.4 is 5.32 Å². The fourth-order valence-corrected chi connectivity index (χ4v) is 2.22. The highest BCUT2D eigenvalue weighted by molar-refractivity contribution is 5.89. The van der Waals surface area contributed by atoms with Crippen molar-refractivity contribution in [3.05, 3.63) is 42.1 Å². The number of hydrogen-bond acceptors (Lipinski definition) is 4. The van der Waals surface area contributed by atoms with E-state index >= 15 is 0 Å². The molecule has 2 rings (SSSR count). The van der Waals surface area contributed by atoms with Crippen molar-refractivity contribution >= 4 is 23.3 Å². The number of para-hydroxylation sites is 1. The van der Waals surface area contributed by atoms with Gasteiger partial charge in [0.15, 0.2) is 0 Å². The Bertz CT molecular complexity index is 701. The normalized spacial score (nSPS) is 14.2. The van der Waals surface area contributed by atoms with Gasteiger partial charge in [0.1, 0.15) is 17.4 Å². The Morgan fingerprint density at radius 2 is 1.86 bits per heavy atom. The van der Waals surface area contributed by atoms with E-state index < -0.39 is 17.2 Å². The van der Waals surface area contributed by atoms with Gasteiger partial charge in [0.25, 0.3) is 0 Å². The van der Waals surface area contributed by atoms with Crippen molar-refractivity contribution < 1.29 is 14.3 Å². The summed E-state index contributed by atoms with van der Waals surface area (Å²) in [5.41, 5.74) is -0.378. The minimum absolute atomic E-state index is 0.631. The summed E-state index contributed by atoms with van der Waals surface area (Å²) in [6, 6.07) is 9.20. The molecule has 116 valence electrons. The molecule has 1 aromatic heterocycles. The molecule has 0 fully saturated rings. The zero-order valence-corrected chi connectivity index (χ0v) is 13.2. The summed E-state index contributed by atoms with van der Waals surface area (Å²) < 4.78 is 5.24. The third-order valence-corrected chi connectivity index (χ3v) is 3.20. The Morgan fingerprint density at radius 3 is 2.50 bits per heavy atom. The van der Waals surface area contributed by atoms with Gasteiger partial charge in [0.2, 0.25) is 0 Å². The highest BCUT2D eigenvalue weighted by Crippen LogP contribution is 2.26. The van der Waals surface area contributed by atoms with Gasteiger partial charge in [-0.3, -0.25) is 4.98 Å². The van der Waals surface area contributed by atoms with E-state index in [1.54, 1.807) is 40.0 Å². The van der Waals surface area contributed by atoms with Crippen molar-refractivity contribution in [3.63, 3.8) is 0 Å². The molecule has 1 unspecified atom stereocenters. The molecule has 0 bridgehead atoms. The van der Waals surface area contributed by atoms with Crippen LogP contribution in [0.4, 0.5) is 4.79 Å². The highest BCUT2D eigenvalue weighted by atomic mass is 16.6. The maximum absolute atomic E-state index is 12.0. The number of hydrogen-bond donors (Lipinski definition) is 1. The van der Waals surface area contributed by atoms with Crippen molar-refractivity contribution in [1.82, 2.24) is 10.3 Å². The minimum Gasteiger partial charge on any atom is -0.444 e. The standard InChI is InChI=1S/C17H20N2O3/c1-16(2,3)22-15(21)19-17(4,11-20)13-9-10-18-14-8-6-5-7-12(13)14/h5-11H,1-4H3,(H,19,21). The summed E-state index contributed by atoms with van der Waals surface area (Å²) in [5, 5.41) is 3.47. The van der Waals surface area contributed by atoms with Crippen LogP contribution in [0, 0.1) is 0 Å². The molecular formula is C17H20N2O3. The zero-order valence-electron chi connectivity index (χ0n) is 13.2. The molecule has 5 nitrogen and oxygen atoms in total. The lowest BCUT2D eigenvalue weighted by molar-refractivity contribution is -0.113. The van der Waals surface area contributed by atoms with Crippen LogP contribution >= 0.6 is 0 Å². The van der Waals surface area contributed by atoms with Crippen molar-refractivity contribution in [2.75, 3.05) is 0 Å². The van der Waals surface area contributed by atoms with Gasteiger partial charge in [0.05, 0.1) is 5.52 Å². The van der Waals surface area contributed by atoms with Crippen LogP contribution in [0.15, 0.2) is 36.5 Å². The second-order valence-electron chi connectivity index (χ2n) is 6.32. The van der Waals surface area contributed by atoms with Gasteiger partial charge in [0, 0.05) is 11.6 Å². The van der Waals surface area contributed by atoms with Gasteiger partial charge < -0.3 is 14.8 Å². The number of carbonyl (C=O) groups is 2. The third-order valence-electron chi connectivity index (χ3n) is 3.20. The summed E-state index contributed by atoms with van der Waals surface area (Å²) in [4.78, 5) is 28.0. The third kappa shape index (κ3) is 3.42. The molecule has 0 aliphatic heterocycles. The average molecular weight is 300 g/mol. The van der Waals surface area contributed by atoms with E-state index in [4.69, 9.17) is 4.74 Å². The number of aromatic nitrogens is 1. The zero-order chi connectivity index (χ0) is 16.4. The molecule has 0 aliphatic carbocycles. The lowest BCUT2D eigenvalue weighted by Crippen LogP contribution is -2.47. The molecule has 0 saturated carbocycles. The summed E-state index contributed by atoms with van der Waals surface area (Å²) in [7, 11) is 0. The van der Waals surface area contributed by atoms with E-state index in [1.807, 2.05) is 24.3 Å². The molecule has 1 N–H and O–H groups in total. The molecule has 5 heteroatoms. The lowest BCUT2D eigenvalue weighted by atomic mass is 9.91. The number of alkyl carbamates (subject to hydrolysis) is 1. The Balaban J connectivity index is 2.40. The molecule has 0 spiro atoms. The van der Waals surface area contributed by atoms with Gasteiger partial charge in [-0.15, -0.1) is 0 Å². The molecule has 0 aliphatic rings. The molecule has 1 aromatic carbocycles.